The molecule has 1 atom stereocenters. The average molecular weight is 265 g/mol. The molecule has 1 unspecified atom stereocenters. The van der Waals surface area contributed by atoms with Gasteiger partial charge in [0, 0.05) is 23.5 Å². The van der Waals surface area contributed by atoms with E-state index < -0.39 is 0 Å². The third-order valence-corrected chi connectivity index (χ3v) is 3.18. The topological polar surface area (TPSA) is 24.9 Å². The number of hydrogen-bond donors (Lipinski definition) is 1. The molecular formula is C14H14ClFN2. The number of halogens is 2. The Morgan fingerprint density at radius 3 is 2.83 bits per heavy atom. The standard InChI is InChI=1S/C14H14ClFN2/c1-17-14(7-10-3-2-6-18-9-10)12-5-4-11(16)8-13(12)15/h2-6,8-9,14,17H,7H2,1H3. The van der Waals surface area contributed by atoms with Gasteiger partial charge in [0.15, 0.2) is 0 Å². The van der Waals surface area contributed by atoms with Crippen LogP contribution in [0.5, 0.6) is 0 Å². The lowest BCUT2D eigenvalue weighted by atomic mass is 10.00. The highest BCUT2D eigenvalue weighted by Gasteiger charge is 2.14. The molecule has 0 aliphatic heterocycles. The molecule has 1 heterocycles. The first-order valence-corrected chi connectivity index (χ1v) is 6.09. The van der Waals surface area contributed by atoms with Crippen LogP contribution >= 0.6 is 11.6 Å². The predicted octanol–water partition coefficient (Wildman–Crippen LogP) is 3.38. The van der Waals surface area contributed by atoms with Gasteiger partial charge in [-0.25, -0.2) is 4.39 Å². The Kier molecular flexibility index (Phi) is 4.28. The Bertz CT molecular complexity index is 516. The fraction of sp³-hybridized carbons (Fsp3) is 0.214. The molecule has 2 nitrogen and oxygen atoms in total. The van der Waals surface area contributed by atoms with E-state index in [9.17, 15) is 4.39 Å². The third kappa shape index (κ3) is 3.06. The zero-order valence-electron chi connectivity index (χ0n) is 10.0. The summed E-state index contributed by atoms with van der Waals surface area (Å²) in [6.45, 7) is 0. The molecule has 0 radical (unpaired) electrons. The summed E-state index contributed by atoms with van der Waals surface area (Å²) in [5, 5.41) is 3.64. The smallest absolute Gasteiger partial charge is 0.124 e. The van der Waals surface area contributed by atoms with Gasteiger partial charge in [-0.2, -0.15) is 0 Å². The monoisotopic (exact) mass is 264 g/mol. The summed E-state index contributed by atoms with van der Waals surface area (Å²) in [6, 6.07) is 8.43. The number of hydrogen-bond acceptors (Lipinski definition) is 2. The normalized spacial score (nSPS) is 12.4. The van der Waals surface area contributed by atoms with E-state index in [0.717, 1.165) is 17.5 Å². The summed E-state index contributed by atoms with van der Waals surface area (Å²) in [7, 11) is 1.86. The molecule has 0 aliphatic carbocycles. The van der Waals surface area contributed by atoms with E-state index in [4.69, 9.17) is 11.6 Å². The van der Waals surface area contributed by atoms with Crippen molar-refractivity contribution in [3.8, 4) is 0 Å². The van der Waals surface area contributed by atoms with Crippen LogP contribution in [0.4, 0.5) is 4.39 Å². The first-order chi connectivity index (χ1) is 8.70. The van der Waals surface area contributed by atoms with E-state index >= 15 is 0 Å². The molecular weight excluding hydrogens is 251 g/mol. The second-order valence-corrected chi connectivity index (χ2v) is 4.48. The molecule has 1 N–H and O–H groups in total. The minimum atomic E-state index is -0.319. The molecule has 1 aromatic heterocycles. The van der Waals surface area contributed by atoms with Crippen LogP contribution in [0, 0.1) is 5.82 Å². The van der Waals surface area contributed by atoms with Gasteiger partial charge in [-0.15, -0.1) is 0 Å². The fourth-order valence-electron chi connectivity index (χ4n) is 1.91. The van der Waals surface area contributed by atoms with Crippen molar-refractivity contribution >= 4 is 11.6 Å². The van der Waals surface area contributed by atoms with Crippen molar-refractivity contribution in [3.63, 3.8) is 0 Å². The molecule has 0 fully saturated rings. The number of rotatable bonds is 4. The Balaban J connectivity index is 2.23. The van der Waals surface area contributed by atoms with Gasteiger partial charge in [0.25, 0.3) is 0 Å². The first kappa shape index (κ1) is 13.0. The van der Waals surface area contributed by atoms with Crippen LogP contribution in [0.25, 0.3) is 0 Å². The molecule has 0 aliphatic rings. The molecule has 2 aromatic rings. The van der Waals surface area contributed by atoms with Crippen molar-refractivity contribution in [2.24, 2.45) is 0 Å². The largest absolute Gasteiger partial charge is 0.313 e. The molecule has 1 aromatic carbocycles. The van der Waals surface area contributed by atoms with Crippen LogP contribution < -0.4 is 5.32 Å². The summed E-state index contributed by atoms with van der Waals surface area (Å²) >= 11 is 6.07. The van der Waals surface area contributed by atoms with Crippen LogP contribution in [-0.4, -0.2) is 12.0 Å². The Labute approximate surface area is 111 Å². The van der Waals surface area contributed by atoms with Crippen LogP contribution in [0.15, 0.2) is 42.7 Å². The SMILES string of the molecule is CNC(Cc1cccnc1)c1ccc(F)cc1Cl. The van der Waals surface area contributed by atoms with Crippen molar-refractivity contribution < 1.29 is 4.39 Å². The zero-order valence-corrected chi connectivity index (χ0v) is 10.8. The molecule has 0 saturated carbocycles. The van der Waals surface area contributed by atoms with Crippen molar-refractivity contribution in [1.29, 1.82) is 0 Å². The van der Waals surface area contributed by atoms with Crippen LogP contribution in [0.2, 0.25) is 5.02 Å². The van der Waals surface area contributed by atoms with E-state index in [1.54, 1.807) is 12.3 Å². The minimum absolute atomic E-state index is 0.0438. The van der Waals surface area contributed by atoms with Gasteiger partial charge >= 0.3 is 0 Å². The van der Waals surface area contributed by atoms with Crippen LogP contribution in [0.1, 0.15) is 17.2 Å². The molecule has 0 spiro atoms. The third-order valence-electron chi connectivity index (χ3n) is 2.85. The van der Waals surface area contributed by atoms with E-state index in [1.807, 2.05) is 25.4 Å². The maximum atomic E-state index is 13.0. The van der Waals surface area contributed by atoms with Crippen LogP contribution in [0.3, 0.4) is 0 Å². The van der Waals surface area contributed by atoms with Crippen molar-refractivity contribution in [3.05, 3.63) is 64.7 Å². The first-order valence-electron chi connectivity index (χ1n) is 5.72. The summed E-state index contributed by atoms with van der Waals surface area (Å²) in [6.07, 6.45) is 4.32. The van der Waals surface area contributed by atoms with Crippen molar-refractivity contribution in [1.82, 2.24) is 10.3 Å². The number of likely N-dealkylation sites (N-methyl/N-ethyl adjacent to an activating group) is 1. The van der Waals surface area contributed by atoms with Crippen molar-refractivity contribution in [2.45, 2.75) is 12.5 Å². The van der Waals surface area contributed by atoms with Gasteiger partial charge in [-0.1, -0.05) is 23.7 Å². The lowest BCUT2D eigenvalue weighted by Crippen LogP contribution is -2.19. The highest BCUT2D eigenvalue weighted by molar-refractivity contribution is 6.31. The van der Waals surface area contributed by atoms with Gasteiger partial charge in [0.2, 0.25) is 0 Å². The Morgan fingerprint density at radius 2 is 2.22 bits per heavy atom. The van der Waals surface area contributed by atoms with E-state index in [-0.39, 0.29) is 11.9 Å². The summed E-state index contributed by atoms with van der Waals surface area (Å²) in [5.41, 5.74) is 2.00. The molecule has 0 bridgehead atoms. The quantitative estimate of drug-likeness (QED) is 0.916. The Morgan fingerprint density at radius 1 is 1.39 bits per heavy atom. The highest BCUT2D eigenvalue weighted by Crippen LogP contribution is 2.26. The lowest BCUT2D eigenvalue weighted by Gasteiger charge is -2.18. The van der Waals surface area contributed by atoms with Gasteiger partial charge in [-0.05, 0) is 42.8 Å². The second kappa shape index (κ2) is 5.94. The zero-order chi connectivity index (χ0) is 13.0. The molecule has 2 rings (SSSR count). The van der Waals surface area contributed by atoms with Gasteiger partial charge < -0.3 is 5.32 Å². The molecule has 18 heavy (non-hydrogen) atoms. The number of pyridine rings is 1. The van der Waals surface area contributed by atoms with Gasteiger partial charge in [0.05, 0.1) is 0 Å². The number of benzene rings is 1. The maximum Gasteiger partial charge on any atom is 0.124 e. The maximum absolute atomic E-state index is 13.0. The molecule has 4 heteroatoms. The van der Waals surface area contributed by atoms with Gasteiger partial charge in [0.1, 0.15) is 5.82 Å². The average Bonchev–Trinajstić information content (AvgIpc) is 2.38. The van der Waals surface area contributed by atoms with E-state index in [2.05, 4.69) is 10.3 Å². The number of nitrogens with one attached hydrogen (secondary N) is 1. The van der Waals surface area contributed by atoms with Crippen molar-refractivity contribution in [2.75, 3.05) is 7.05 Å². The van der Waals surface area contributed by atoms with E-state index in [1.165, 1.54) is 12.1 Å². The summed E-state index contributed by atoms with van der Waals surface area (Å²) in [4.78, 5) is 4.08. The summed E-state index contributed by atoms with van der Waals surface area (Å²) in [5.74, 6) is -0.319. The van der Waals surface area contributed by atoms with E-state index in [0.29, 0.717) is 5.02 Å². The van der Waals surface area contributed by atoms with Crippen LogP contribution in [-0.2, 0) is 6.42 Å². The molecule has 0 amide bonds. The summed E-state index contributed by atoms with van der Waals surface area (Å²) < 4.78 is 13.0. The highest BCUT2D eigenvalue weighted by atomic mass is 35.5. The molecule has 94 valence electrons. The van der Waals surface area contributed by atoms with Gasteiger partial charge in [-0.3, -0.25) is 4.98 Å². The number of aromatic nitrogens is 1. The fourth-order valence-corrected chi connectivity index (χ4v) is 2.21. The number of nitrogens with zero attached hydrogens (tertiary/aromatic N) is 1. The molecule has 0 saturated heterocycles. The minimum Gasteiger partial charge on any atom is -0.313 e. The predicted molar refractivity (Wildman–Crippen MR) is 71.2 cm³/mol. The lowest BCUT2D eigenvalue weighted by molar-refractivity contribution is 0.585. The second-order valence-electron chi connectivity index (χ2n) is 4.07. The Hall–Kier alpha value is -1.45.